The molecule has 0 aliphatic carbocycles. The predicted molar refractivity (Wildman–Crippen MR) is 177 cm³/mol. The van der Waals surface area contributed by atoms with Gasteiger partial charge in [-0.25, -0.2) is 9.97 Å². The van der Waals surface area contributed by atoms with E-state index in [0.29, 0.717) is 30.1 Å². The molecule has 0 radical (unpaired) electrons. The van der Waals surface area contributed by atoms with Crippen LogP contribution in [0.4, 0.5) is 11.5 Å². The van der Waals surface area contributed by atoms with Crippen LogP contribution in [0.1, 0.15) is 33.6 Å². The van der Waals surface area contributed by atoms with Gasteiger partial charge in [-0.2, -0.15) is 0 Å². The number of aromatic nitrogens is 4. The van der Waals surface area contributed by atoms with Crippen LogP contribution in [0, 0.1) is 13.8 Å². The normalized spacial score (nSPS) is 13.5. The predicted octanol–water partition coefficient (Wildman–Crippen LogP) is 4.96. The van der Waals surface area contributed by atoms with E-state index in [9.17, 15) is 9.90 Å². The Hall–Kier alpha value is -4.84. The third-order valence-corrected chi connectivity index (χ3v) is 8.04. The number of aliphatic hydroxyl groups excluding tert-OH is 1. The second kappa shape index (κ2) is 14.5. The third-order valence-electron chi connectivity index (χ3n) is 8.04. The Morgan fingerprint density at radius 1 is 1.02 bits per heavy atom. The van der Waals surface area contributed by atoms with Crippen LogP contribution in [0.5, 0.6) is 11.5 Å². The molecule has 1 saturated heterocycles. The molecule has 11 heteroatoms. The maximum Gasteiger partial charge on any atom is 0.253 e. The number of aryl methyl sites for hydroxylation is 2. The number of pyridine rings is 1. The zero-order valence-corrected chi connectivity index (χ0v) is 26.2. The molecule has 1 fully saturated rings. The first-order chi connectivity index (χ1) is 22.5. The lowest BCUT2D eigenvalue weighted by Crippen LogP contribution is -2.38. The van der Waals surface area contributed by atoms with Gasteiger partial charge in [-0.05, 0) is 92.9 Å². The quantitative estimate of drug-likeness (QED) is 0.166. The molecule has 46 heavy (non-hydrogen) atoms. The van der Waals surface area contributed by atoms with Crippen molar-refractivity contribution in [1.29, 1.82) is 0 Å². The summed E-state index contributed by atoms with van der Waals surface area (Å²) in [6.45, 7) is 8.77. The van der Waals surface area contributed by atoms with Gasteiger partial charge in [0.25, 0.3) is 5.91 Å². The molecule has 4 heterocycles. The van der Waals surface area contributed by atoms with Crippen LogP contribution < -0.4 is 15.4 Å². The molecule has 6 rings (SSSR count). The fraction of sp³-hybridized carbons (Fsp3) is 0.314. The lowest BCUT2D eigenvalue weighted by molar-refractivity contribution is 0.0374. The number of nitrogens with one attached hydrogen (secondary N) is 2. The van der Waals surface area contributed by atoms with Crippen molar-refractivity contribution in [2.75, 3.05) is 51.3 Å². The van der Waals surface area contributed by atoms with Gasteiger partial charge < -0.3 is 29.8 Å². The van der Waals surface area contributed by atoms with E-state index in [2.05, 4.69) is 30.5 Å². The first-order valence-electron chi connectivity index (χ1n) is 15.6. The van der Waals surface area contributed by atoms with E-state index in [-0.39, 0.29) is 12.5 Å². The summed E-state index contributed by atoms with van der Waals surface area (Å²) in [5, 5.41) is 17.0. The van der Waals surface area contributed by atoms with Crippen LogP contribution in [0.25, 0.3) is 16.6 Å². The van der Waals surface area contributed by atoms with Crippen molar-refractivity contribution >= 4 is 28.3 Å². The number of benzene rings is 2. The fourth-order valence-electron chi connectivity index (χ4n) is 5.52. The number of carbonyl (C=O) groups is 1. The van der Waals surface area contributed by atoms with E-state index in [4.69, 9.17) is 9.47 Å². The second-order valence-corrected chi connectivity index (χ2v) is 11.4. The van der Waals surface area contributed by atoms with E-state index in [1.807, 2.05) is 79.3 Å². The highest BCUT2D eigenvalue weighted by Gasteiger charge is 2.17. The Kier molecular flexibility index (Phi) is 9.82. The number of fused-ring (bicyclic) bond motifs is 1. The van der Waals surface area contributed by atoms with Crippen LogP contribution in [0.3, 0.4) is 0 Å². The molecule has 0 atom stereocenters. The molecule has 1 aliphatic rings. The average Bonchev–Trinajstić information content (AvgIpc) is 3.50. The molecule has 0 unspecified atom stereocenters. The molecule has 0 saturated carbocycles. The largest absolute Gasteiger partial charge is 0.455 e. The molecular formula is C35H39N7O4. The maximum atomic E-state index is 13.2. The van der Waals surface area contributed by atoms with Gasteiger partial charge in [0.2, 0.25) is 0 Å². The summed E-state index contributed by atoms with van der Waals surface area (Å²) in [6, 6.07) is 15.6. The van der Waals surface area contributed by atoms with Gasteiger partial charge in [0, 0.05) is 61.1 Å². The molecular weight excluding hydrogens is 582 g/mol. The summed E-state index contributed by atoms with van der Waals surface area (Å²) < 4.78 is 13.4. The number of morpholine rings is 1. The molecule has 5 aromatic rings. The van der Waals surface area contributed by atoms with E-state index in [1.165, 1.54) is 6.33 Å². The molecule has 3 aromatic heterocycles. The van der Waals surface area contributed by atoms with E-state index in [0.717, 1.165) is 84.1 Å². The number of nitrogens with zero attached hydrogens (tertiary/aromatic N) is 5. The minimum absolute atomic E-state index is 0.0495. The topological polar surface area (TPSA) is 127 Å². The highest BCUT2D eigenvalue weighted by molar-refractivity contribution is 5.96. The van der Waals surface area contributed by atoms with E-state index >= 15 is 0 Å². The molecule has 11 nitrogen and oxygen atoms in total. The van der Waals surface area contributed by atoms with Gasteiger partial charge in [-0.3, -0.25) is 14.7 Å². The fourth-order valence-corrected chi connectivity index (χ4v) is 5.52. The third kappa shape index (κ3) is 7.51. The Morgan fingerprint density at radius 2 is 1.89 bits per heavy atom. The van der Waals surface area contributed by atoms with Crippen LogP contribution in [0.15, 0.2) is 73.4 Å². The van der Waals surface area contributed by atoms with Crippen molar-refractivity contribution in [3.63, 3.8) is 0 Å². The summed E-state index contributed by atoms with van der Waals surface area (Å²) in [4.78, 5) is 28.9. The molecule has 3 N–H and O–H groups in total. The van der Waals surface area contributed by atoms with Crippen LogP contribution in [0.2, 0.25) is 0 Å². The average molecular weight is 622 g/mol. The number of hydrogen-bond donors (Lipinski definition) is 3. The summed E-state index contributed by atoms with van der Waals surface area (Å²) in [7, 11) is 0. The number of aliphatic hydroxyl groups is 1. The van der Waals surface area contributed by atoms with Crippen LogP contribution in [-0.4, -0.2) is 81.4 Å². The number of amides is 1. The van der Waals surface area contributed by atoms with Crippen molar-refractivity contribution < 1.29 is 19.4 Å². The number of ether oxygens (including phenoxy) is 2. The van der Waals surface area contributed by atoms with Crippen molar-refractivity contribution in [3.8, 4) is 17.2 Å². The molecule has 1 amide bonds. The molecule has 1 aliphatic heterocycles. The van der Waals surface area contributed by atoms with E-state index in [1.54, 1.807) is 6.20 Å². The standard InChI is InChI=1S/C35H39N7O4/c1-24-18-27(5-9-33(24)46-29-7-4-25(2)37-20-29)40-34-30-19-28(6-8-32(30)38-23-39-34)42-21-26(10-15-43)31(22-42)35(44)36-11-3-12-41-13-16-45-17-14-41/h4-9,18-23,43H,3,10-17H2,1-2H3,(H,36,44)(H,38,39,40). The van der Waals surface area contributed by atoms with Crippen LogP contribution >= 0.6 is 0 Å². The Labute approximate surface area is 268 Å². The highest BCUT2D eigenvalue weighted by Crippen LogP contribution is 2.30. The van der Waals surface area contributed by atoms with Gasteiger partial charge in [0.1, 0.15) is 23.6 Å². The highest BCUT2D eigenvalue weighted by atomic mass is 16.5. The second-order valence-electron chi connectivity index (χ2n) is 11.4. The van der Waals surface area contributed by atoms with Crippen molar-refractivity contribution in [1.82, 2.24) is 29.7 Å². The first-order valence-corrected chi connectivity index (χ1v) is 15.6. The smallest absolute Gasteiger partial charge is 0.253 e. The first kappa shape index (κ1) is 31.2. The monoisotopic (exact) mass is 621 g/mol. The summed E-state index contributed by atoms with van der Waals surface area (Å²) in [6.07, 6.45) is 8.23. The summed E-state index contributed by atoms with van der Waals surface area (Å²) in [5.41, 5.74) is 5.73. The van der Waals surface area contributed by atoms with Crippen LogP contribution in [-0.2, 0) is 11.2 Å². The maximum absolute atomic E-state index is 13.2. The minimum atomic E-state index is -0.142. The van der Waals surface area contributed by atoms with Crippen molar-refractivity contribution in [2.45, 2.75) is 26.7 Å². The summed E-state index contributed by atoms with van der Waals surface area (Å²) >= 11 is 0. The summed E-state index contributed by atoms with van der Waals surface area (Å²) in [5.74, 6) is 1.94. The molecule has 2 aromatic carbocycles. The van der Waals surface area contributed by atoms with Crippen molar-refractivity contribution in [2.24, 2.45) is 0 Å². The van der Waals surface area contributed by atoms with E-state index < -0.39 is 0 Å². The lowest BCUT2D eigenvalue weighted by atomic mass is 10.1. The minimum Gasteiger partial charge on any atom is -0.455 e. The molecule has 0 spiro atoms. The molecule has 0 bridgehead atoms. The Morgan fingerprint density at radius 3 is 2.67 bits per heavy atom. The number of carbonyl (C=O) groups excluding carboxylic acids is 1. The van der Waals surface area contributed by atoms with Gasteiger partial charge >= 0.3 is 0 Å². The SMILES string of the molecule is Cc1ccc(Oc2ccc(Nc3ncnc4ccc(-n5cc(CCO)c(C(=O)NCCCN6CCOCC6)c5)cc34)cc2C)cn1. The van der Waals surface area contributed by atoms with Gasteiger partial charge in [0.05, 0.1) is 30.5 Å². The number of hydrogen-bond acceptors (Lipinski definition) is 9. The zero-order valence-electron chi connectivity index (χ0n) is 26.2. The number of anilines is 2. The zero-order chi connectivity index (χ0) is 31.9. The molecule has 238 valence electrons. The van der Waals surface area contributed by atoms with Gasteiger partial charge in [-0.15, -0.1) is 0 Å². The van der Waals surface area contributed by atoms with Crippen molar-refractivity contribution in [3.05, 3.63) is 95.8 Å². The van der Waals surface area contributed by atoms with Gasteiger partial charge in [-0.1, -0.05) is 0 Å². The van der Waals surface area contributed by atoms with Gasteiger partial charge in [0.15, 0.2) is 0 Å². The number of rotatable bonds is 12. The lowest BCUT2D eigenvalue weighted by Gasteiger charge is -2.26. The Bertz CT molecular complexity index is 1800. The Balaban J connectivity index is 1.18.